The Bertz CT molecular complexity index is 576. The van der Waals surface area contributed by atoms with E-state index in [0.717, 1.165) is 17.7 Å². The molecule has 1 unspecified atom stereocenters. The first-order valence-electron chi connectivity index (χ1n) is 6.65. The second kappa shape index (κ2) is 4.88. The van der Waals surface area contributed by atoms with Crippen LogP contribution in [0.3, 0.4) is 0 Å². The summed E-state index contributed by atoms with van der Waals surface area (Å²) in [6.07, 6.45) is 1.31. The van der Waals surface area contributed by atoms with Crippen LogP contribution in [0, 0.1) is 6.92 Å². The normalized spacial score (nSPS) is 16.8. The Morgan fingerprint density at radius 1 is 1.16 bits per heavy atom. The van der Waals surface area contributed by atoms with Crippen LogP contribution in [0.4, 0.5) is 5.69 Å². The maximum Gasteiger partial charge on any atom is 0.159 e. The Morgan fingerprint density at radius 3 is 2.63 bits per heavy atom. The number of anilines is 1. The largest absolute Gasteiger partial charge is 0.375 e. The van der Waals surface area contributed by atoms with Crippen LogP contribution in [0.15, 0.2) is 48.5 Å². The number of Topliss-reactive ketones (excluding diaryl/α,β-unsaturated/α-hetero) is 1. The summed E-state index contributed by atoms with van der Waals surface area (Å²) in [6.45, 7) is 2.06. The first-order chi connectivity index (χ1) is 9.22. The summed E-state index contributed by atoms with van der Waals surface area (Å²) >= 11 is 0. The molecule has 19 heavy (non-hydrogen) atoms. The van der Waals surface area contributed by atoms with Crippen molar-refractivity contribution in [2.24, 2.45) is 0 Å². The number of hydrogen-bond acceptors (Lipinski definition) is 2. The molecular formula is C17H17NO. The molecule has 1 atom stereocenters. The quantitative estimate of drug-likeness (QED) is 0.908. The third-order valence-corrected chi connectivity index (χ3v) is 3.66. The van der Waals surface area contributed by atoms with Gasteiger partial charge in [-0.2, -0.15) is 0 Å². The third-order valence-electron chi connectivity index (χ3n) is 3.66. The Morgan fingerprint density at radius 2 is 1.89 bits per heavy atom. The van der Waals surface area contributed by atoms with Crippen LogP contribution in [0.2, 0.25) is 0 Å². The molecule has 0 aromatic heterocycles. The van der Waals surface area contributed by atoms with Crippen LogP contribution in [-0.2, 0) is 17.6 Å². The number of benzene rings is 2. The van der Waals surface area contributed by atoms with Crippen molar-refractivity contribution in [1.82, 2.24) is 0 Å². The summed E-state index contributed by atoms with van der Waals surface area (Å²) in [7, 11) is 0. The Kier molecular flexibility index (Phi) is 3.08. The highest BCUT2D eigenvalue weighted by molar-refractivity contribution is 5.90. The number of aryl methyl sites for hydroxylation is 1. The molecule has 0 saturated heterocycles. The third kappa shape index (κ3) is 2.53. The van der Waals surface area contributed by atoms with E-state index < -0.39 is 0 Å². The fraction of sp³-hybridized carbons (Fsp3) is 0.235. The van der Waals surface area contributed by atoms with Crippen molar-refractivity contribution in [2.75, 3.05) is 5.32 Å². The molecule has 0 saturated carbocycles. The van der Waals surface area contributed by atoms with Gasteiger partial charge in [-0.3, -0.25) is 4.79 Å². The Labute approximate surface area is 113 Å². The molecule has 1 N–H and O–H groups in total. The van der Waals surface area contributed by atoms with Crippen LogP contribution in [-0.4, -0.2) is 11.8 Å². The highest BCUT2D eigenvalue weighted by atomic mass is 16.1. The standard InChI is InChI=1S/C17H17NO/c1-12-6-8-13(9-7-12)10-17(19)16-11-14-4-2-3-5-15(14)18-16/h2-9,16,18H,10-11H2,1H3. The molecule has 1 aliphatic heterocycles. The summed E-state index contributed by atoms with van der Waals surface area (Å²) < 4.78 is 0. The van der Waals surface area contributed by atoms with Gasteiger partial charge >= 0.3 is 0 Å². The Balaban J connectivity index is 1.68. The zero-order chi connectivity index (χ0) is 13.2. The van der Waals surface area contributed by atoms with Crippen molar-refractivity contribution in [3.8, 4) is 0 Å². The van der Waals surface area contributed by atoms with E-state index in [4.69, 9.17) is 0 Å². The van der Waals surface area contributed by atoms with Crippen molar-refractivity contribution in [2.45, 2.75) is 25.8 Å². The number of fused-ring (bicyclic) bond motifs is 1. The van der Waals surface area contributed by atoms with Crippen LogP contribution in [0.5, 0.6) is 0 Å². The number of rotatable bonds is 3. The smallest absolute Gasteiger partial charge is 0.159 e. The topological polar surface area (TPSA) is 29.1 Å². The van der Waals surface area contributed by atoms with Crippen LogP contribution < -0.4 is 5.32 Å². The average molecular weight is 251 g/mol. The minimum Gasteiger partial charge on any atom is -0.375 e. The van der Waals surface area contributed by atoms with Gasteiger partial charge in [-0.25, -0.2) is 0 Å². The summed E-state index contributed by atoms with van der Waals surface area (Å²) in [4.78, 5) is 12.3. The van der Waals surface area contributed by atoms with Gasteiger partial charge in [0.05, 0.1) is 6.04 Å². The fourth-order valence-electron chi connectivity index (χ4n) is 2.52. The second-order valence-corrected chi connectivity index (χ2v) is 5.19. The number of ketones is 1. The van der Waals surface area contributed by atoms with Crippen molar-refractivity contribution in [1.29, 1.82) is 0 Å². The van der Waals surface area contributed by atoms with Gasteiger partial charge in [-0.15, -0.1) is 0 Å². The van der Waals surface area contributed by atoms with E-state index >= 15 is 0 Å². The number of carbonyl (C=O) groups excluding carboxylic acids is 1. The van der Waals surface area contributed by atoms with Gasteiger partial charge in [-0.1, -0.05) is 48.0 Å². The maximum atomic E-state index is 12.3. The van der Waals surface area contributed by atoms with E-state index in [9.17, 15) is 4.79 Å². The number of hydrogen-bond donors (Lipinski definition) is 1. The van der Waals surface area contributed by atoms with Crippen LogP contribution >= 0.6 is 0 Å². The van der Waals surface area contributed by atoms with Crippen molar-refractivity contribution in [3.05, 3.63) is 65.2 Å². The summed E-state index contributed by atoms with van der Waals surface area (Å²) in [5.74, 6) is 0.264. The SMILES string of the molecule is Cc1ccc(CC(=O)C2Cc3ccccc3N2)cc1. The minimum absolute atomic E-state index is 0.0706. The lowest BCUT2D eigenvalue weighted by Gasteiger charge is -2.10. The van der Waals surface area contributed by atoms with E-state index in [1.54, 1.807) is 0 Å². The van der Waals surface area contributed by atoms with E-state index in [-0.39, 0.29) is 11.8 Å². The monoisotopic (exact) mass is 251 g/mol. The van der Waals surface area contributed by atoms with Gasteiger partial charge < -0.3 is 5.32 Å². The molecule has 0 amide bonds. The van der Waals surface area contributed by atoms with E-state index in [1.807, 2.05) is 30.3 Å². The highest BCUT2D eigenvalue weighted by Crippen LogP contribution is 2.26. The summed E-state index contributed by atoms with van der Waals surface area (Å²) in [5, 5.41) is 3.32. The zero-order valence-corrected chi connectivity index (χ0v) is 11.0. The van der Waals surface area contributed by atoms with Crippen molar-refractivity contribution in [3.63, 3.8) is 0 Å². The van der Waals surface area contributed by atoms with Gasteiger partial charge in [0.25, 0.3) is 0 Å². The molecule has 2 aromatic rings. The second-order valence-electron chi connectivity index (χ2n) is 5.19. The molecule has 2 heteroatoms. The fourth-order valence-corrected chi connectivity index (χ4v) is 2.52. The predicted molar refractivity (Wildman–Crippen MR) is 77.4 cm³/mol. The van der Waals surface area contributed by atoms with Crippen LogP contribution in [0.25, 0.3) is 0 Å². The number of nitrogens with one attached hydrogen (secondary N) is 1. The number of para-hydroxylation sites is 1. The first kappa shape index (κ1) is 12.0. The van der Waals surface area contributed by atoms with E-state index in [0.29, 0.717) is 6.42 Å². The molecule has 0 fully saturated rings. The highest BCUT2D eigenvalue weighted by Gasteiger charge is 2.25. The predicted octanol–water partition coefficient (Wildman–Crippen LogP) is 3.14. The summed E-state index contributed by atoms with van der Waals surface area (Å²) in [5.41, 5.74) is 4.66. The van der Waals surface area contributed by atoms with Gasteiger partial charge in [0.2, 0.25) is 0 Å². The van der Waals surface area contributed by atoms with E-state index in [1.165, 1.54) is 11.1 Å². The molecule has 0 spiro atoms. The van der Waals surface area contributed by atoms with Crippen molar-refractivity contribution >= 4 is 11.5 Å². The first-order valence-corrected chi connectivity index (χ1v) is 6.65. The lowest BCUT2D eigenvalue weighted by molar-refractivity contribution is -0.119. The van der Waals surface area contributed by atoms with Gasteiger partial charge in [0.15, 0.2) is 5.78 Å². The molecule has 0 bridgehead atoms. The molecule has 3 rings (SSSR count). The van der Waals surface area contributed by atoms with Gasteiger partial charge in [0.1, 0.15) is 0 Å². The summed E-state index contributed by atoms with van der Waals surface area (Å²) in [6, 6.07) is 16.3. The molecule has 1 heterocycles. The van der Waals surface area contributed by atoms with Gasteiger partial charge in [0, 0.05) is 18.5 Å². The molecule has 0 radical (unpaired) electrons. The lowest BCUT2D eigenvalue weighted by Crippen LogP contribution is -2.28. The molecule has 1 aliphatic rings. The van der Waals surface area contributed by atoms with E-state index in [2.05, 4.69) is 30.4 Å². The van der Waals surface area contributed by atoms with Crippen molar-refractivity contribution < 1.29 is 4.79 Å². The lowest BCUT2D eigenvalue weighted by atomic mass is 10.0. The molecule has 2 nitrogen and oxygen atoms in total. The molecule has 96 valence electrons. The van der Waals surface area contributed by atoms with Gasteiger partial charge in [-0.05, 0) is 24.1 Å². The molecule has 2 aromatic carbocycles. The molecule has 0 aliphatic carbocycles. The zero-order valence-electron chi connectivity index (χ0n) is 11.0. The Hall–Kier alpha value is -2.09. The average Bonchev–Trinajstić information content (AvgIpc) is 2.85. The number of carbonyl (C=O) groups is 1. The maximum absolute atomic E-state index is 12.3. The minimum atomic E-state index is -0.0706. The molecular weight excluding hydrogens is 234 g/mol. The van der Waals surface area contributed by atoms with Crippen LogP contribution in [0.1, 0.15) is 16.7 Å².